The van der Waals surface area contributed by atoms with Crippen molar-refractivity contribution in [3.8, 4) is 11.5 Å². The van der Waals surface area contributed by atoms with Gasteiger partial charge in [0.2, 0.25) is 0 Å². The van der Waals surface area contributed by atoms with Crippen molar-refractivity contribution in [2.24, 2.45) is 5.73 Å². The number of nitrogens with two attached hydrogens (primary N) is 1. The number of hydrogen-bond donors (Lipinski definition) is 1. The first-order valence-corrected chi connectivity index (χ1v) is 7.21. The van der Waals surface area contributed by atoms with E-state index in [0.717, 1.165) is 30.9 Å². The van der Waals surface area contributed by atoms with Gasteiger partial charge in [0.05, 0.1) is 11.7 Å². The molecule has 2 aromatic rings. The van der Waals surface area contributed by atoms with Crippen LogP contribution in [0, 0.1) is 0 Å². The van der Waals surface area contributed by atoms with Gasteiger partial charge in [-0.25, -0.2) is 0 Å². The summed E-state index contributed by atoms with van der Waals surface area (Å²) in [6.45, 7) is 0.987. The molecular formula is C17H18N2O. The fourth-order valence-electron chi connectivity index (χ4n) is 3.32. The van der Waals surface area contributed by atoms with E-state index in [0.29, 0.717) is 6.04 Å². The highest BCUT2D eigenvalue weighted by atomic mass is 16.5. The van der Waals surface area contributed by atoms with Crippen LogP contribution in [0.2, 0.25) is 0 Å². The first-order chi connectivity index (χ1) is 9.83. The molecule has 0 spiro atoms. The SMILES string of the molecule is NC1CCN2c3ccccc3Oc3ccccc3C2C1. The van der Waals surface area contributed by atoms with E-state index < -0.39 is 0 Å². The molecule has 0 saturated carbocycles. The smallest absolute Gasteiger partial charge is 0.150 e. The van der Waals surface area contributed by atoms with Gasteiger partial charge in [0, 0.05) is 18.2 Å². The summed E-state index contributed by atoms with van der Waals surface area (Å²) in [6.07, 6.45) is 2.02. The van der Waals surface area contributed by atoms with E-state index in [1.807, 2.05) is 18.2 Å². The quantitative estimate of drug-likeness (QED) is 0.793. The number of para-hydroxylation sites is 3. The summed E-state index contributed by atoms with van der Waals surface area (Å²) in [5.41, 5.74) is 8.63. The highest BCUT2D eigenvalue weighted by Gasteiger charge is 2.33. The third-order valence-electron chi connectivity index (χ3n) is 4.32. The van der Waals surface area contributed by atoms with Crippen molar-refractivity contribution in [2.45, 2.75) is 24.9 Å². The van der Waals surface area contributed by atoms with Gasteiger partial charge in [-0.2, -0.15) is 0 Å². The molecule has 1 fully saturated rings. The van der Waals surface area contributed by atoms with Crippen molar-refractivity contribution in [1.82, 2.24) is 0 Å². The second-order valence-corrected chi connectivity index (χ2v) is 5.60. The maximum Gasteiger partial charge on any atom is 0.150 e. The van der Waals surface area contributed by atoms with E-state index in [2.05, 4.69) is 35.2 Å². The highest BCUT2D eigenvalue weighted by molar-refractivity contribution is 5.64. The van der Waals surface area contributed by atoms with Crippen LogP contribution in [0.5, 0.6) is 11.5 Å². The minimum absolute atomic E-state index is 0.273. The number of nitrogens with zero attached hydrogens (tertiary/aromatic N) is 1. The average molecular weight is 266 g/mol. The number of piperidine rings is 1. The molecule has 0 radical (unpaired) electrons. The molecular weight excluding hydrogens is 248 g/mol. The lowest BCUT2D eigenvalue weighted by atomic mass is 9.91. The lowest BCUT2D eigenvalue weighted by Gasteiger charge is -2.39. The lowest BCUT2D eigenvalue weighted by molar-refractivity contribution is 0.419. The van der Waals surface area contributed by atoms with E-state index in [1.54, 1.807) is 0 Å². The van der Waals surface area contributed by atoms with Crippen molar-refractivity contribution >= 4 is 5.69 Å². The van der Waals surface area contributed by atoms with Crippen molar-refractivity contribution < 1.29 is 4.74 Å². The largest absolute Gasteiger partial charge is 0.455 e. The number of hydrogen-bond acceptors (Lipinski definition) is 3. The van der Waals surface area contributed by atoms with Gasteiger partial charge in [0.15, 0.2) is 5.75 Å². The Morgan fingerprint density at radius 1 is 1.00 bits per heavy atom. The van der Waals surface area contributed by atoms with Gasteiger partial charge in [0.1, 0.15) is 5.75 Å². The van der Waals surface area contributed by atoms with Crippen LogP contribution in [0.25, 0.3) is 0 Å². The number of anilines is 1. The van der Waals surface area contributed by atoms with Crippen molar-refractivity contribution in [2.75, 3.05) is 11.4 Å². The second-order valence-electron chi connectivity index (χ2n) is 5.60. The molecule has 0 amide bonds. The summed E-state index contributed by atoms with van der Waals surface area (Å²) >= 11 is 0. The Balaban J connectivity index is 1.90. The van der Waals surface area contributed by atoms with Gasteiger partial charge >= 0.3 is 0 Å². The van der Waals surface area contributed by atoms with Gasteiger partial charge in [0.25, 0.3) is 0 Å². The predicted molar refractivity (Wildman–Crippen MR) is 80.3 cm³/mol. The second kappa shape index (κ2) is 4.53. The molecule has 2 unspecified atom stereocenters. The number of rotatable bonds is 0. The van der Waals surface area contributed by atoms with Crippen LogP contribution in [0.3, 0.4) is 0 Å². The molecule has 3 nitrogen and oxygen atoms in total. The summed E-state index contributed by atoms with van der Waals surface area (Å²) in [5, 5.41) is 0. The zero-order chi connectivity index (χ0) is 13.5. The minimum Gasteiger partial charge on any atom is -0.455 e. The summed E-state index contributed by atoms with van der Waals surface area (Å²) in [4.78, 5) is 2.45. The summed E-state index contributed by atoms with van der Waals surface area (Å²) in [7, 11) is 0. The van der Waals surface area contributed by atoms with Crippen LogP contribution in [-0.4, -0.2) is 12.6 Å². The molecule has 2 heterocycles. The Labute approximate surface area is 119 Å². The van der Waals surface area contributed by atoms with Gasteiger partial charge in [-0.3, -0.25) is 0 Å². The predicted octanol–water partition coefficient (Wildman–Crippen LogP) is 3.46. The van der Waals surface area contributed by atoms with E-state index >= 15 is 0 Å². The fraction of sp³-hybridized carbons (Fsp3) is 0.294. The van der Waals surface area contributed by atoms with Gasteiger partial charge in [-0.05, 0) is 31.0 Å². The Kier molecular flexibility index (Phi) is 2.67. The first-order valence-electron chi connectivity index (χ1n) is 7.21. The molecule has 2 aliphatic heterocycles. The van der Waals surface area contributed by atoms with Crippen LogP contribution in [0.1, 0.15) is 24.4 Å². The van der Waals surface area contributed by atoms with Gasteiger partial charge in [-0.1, -0.05) is 30.3 Å². The van der Waals surface area contributed by atoms with Gasteiger partial charge in [-0.15, -0.1) is 0 Å². The van der Waals surface area contributed by atoms with Crippen molar-refractivity contribution in [3.05, 3.63) is 54.1 Å². The van der Waals surface area contributed by atoms with E-state index in [4.69, 9.17) is 10.5 Å². The van der Waals surface area contributed by atoms with Crippen LogP contribution in [0.15, 0.2) is 48.5 Å². The van der Waals surface area contributed by atoms with Crippen LogP contribution >= 0.6 is 0 Å². The third kappa shape index (κ3) is 1.78. The first kappa shape index (κ1) is 11.8. The molecule has 0 aromatic heterocycles. The molecule has 2 aromatic carbocycles. The Hall–Kier alpha value is -2.00. The molecule has 0 bridgehead atoms. The topological polar surface area (TPSA) is 38.5 Å². The monoisotopic (exact) mass is 266 g/mol. The fourth-order valence-corrected chi connectivity index (χ4v) is 3.32. The summed E-state index contributed by atoms with van der Waals surface area (Å²) in [5.74, 6) is 1.90. The Bertz CT molecular complexity index is 640. The zero-order valence-electron chi connectivity index (χ0n) is 11.3. The van der Waals surface area contributed by atoms with E-state index in [1.165, 1.54) is 11.3 Å². The summed E-state index contributed by atoms with van der Waals surface area (Å²) < 4.78 is 6.15. The molecule has 2 N–H and O–H groups in total. The normalized spacial score (nSPS) is 23.9. The van der Waals surface area contributed by atoms with Crippen molar-refractivity contribution in [3.63, 3.8) is 0 Å². The summed E-state index contributed by atoms with van der Waals surface area (Å²) in [6, 6.07) is 17.2. The molecule has 4 rings (SSSR count). The number of benzene rings is 2. The Morgan fingerprint density at radius 3 is 2.65 bits per heavy atom. The van der Waals surface area contributed by atoms with Crippen LogP contribution in [-0.2, 0) is 0 Å². The average Bonchev–Trinajstić information content (AvgIpc) is 2.61. The lowest BCUT2D eigenvalue weighted by Crippen LogP contribution is -2.41. The molecule has 2 aliphatic rings. The maximum atomic E-state index is 6.20. The maximum absolute atomic E-state index is 6.20. The molecule has 0 aliphatic carbocycles. The highest BCUT2D eigenvalue weighted by Crippen LogP contribution is 2.46. The van der Waals surface area contributed by atoms with E-state index in [9.17, 15) is 0 Å². The van der Waals surface area contributed by atoms with Crippen molar-refractivity contribution in [1.29, 1.82) is 0 Å². The van der Waals surface area contributed by atoms with Crippen LogP contribution in [0.4, 0.5) is 5.69 Å². The van der Waals surface area contributed by atoms with Gasteiger partial charge < -0.3 is 15.4 Å². The van der Waals surface area contributed by atoms with Crippen LogP contribution < -0.4 is 15.4 Å². The molecule has 1 saturated heterocycles. The number of fused-ring (bicyclic) bond motifs is 5. The molecule has 102 valence electrons. The molecule has 3 heteroatoms. The third-order valence-corrected chi connectivity index (χ3v) is 4.32. The Morgan fingerprint density at radius 2 is 1.75 bits per heavy atom. The van der Waals surface area contributed by atoms with E-state index in [-0.39, 0.29) is 6.04 Å². The number of ether oxygens (including phenoxy) is 1. The standard InChI is InChI=1S/C17H18N2O/c18-12-9-10-19-14-6-2-4-8-17(14)20-16-7-3-1-5-13(16)15(19)11-12/h1-8,12,15H,9-11,18H2. The zero-order valence-corrected chi connectivity index (χ0v) is 11.3. The molecule has 20 heavy (non-hydrogen) atoms. The molecule has 2 atom stereocenters. The minimum atomic E-state index is 0.273.